The SMILES string of the molecule is CC[C@@H]1c2nncn2-c2c(C)nc(-n3cnc(C(=O)NC)c3)nc2N1C1CCCC1. The maximum absolute atomic E-state index is 11.9. The minimum atomic E-state index is -0.240. The zero-order valence-electron chi connectivity index (χ0n) is 17.4. The number of fused-ring (bicyclic) bond motifs is 3. The van der Waals surface area contributed by atoms with Crippen LogP contribution in [0.15, 0.2) is 18.9 Å². The molecule has 30 heavy (non-hydrogen) atoms. The summed E-state index contributed by atoms with van der Waals surface area (Å²) >= 11 is 0. The Morgan fingerprint density at radius 3 is 2.77 bits per heavy atom. The van der Waals surface area contributed by atoms with Gasteiger partial charge in [-0.1, -0.05) is 19.8 Å². The van der Waals surface area contributed by atoms with Crippen molar-refractivity contribution in [3.05, 3.63) is 36.1 Å². The molecule has 0 aromatic carbocycles. The second kappa shape index (κ2) is 7.19. The van der Waals surface area contributed by atoms with Gasteiger partial charge in [-0.15, -0.1) is 10.2 Å². The fourth-order valence-corrected chi connectivity index (χ4v) is 4.70. The van der Waals surface area contributed by atoms with E-state index in [1.807, 2.05) is 11.5 Å². The van der Waals surface area contributed by atoms with Gasteiger partial charge in [-0.2, -0.15) is 4.98 Å². The summed E-state index contributed by atoms with van der Waals surface area (Å²) in [5.74, 6) is 2.11. The van der Waals surface area contributed by atoms with Crippen LogP contribution >= 0.6 is 0 Å². The Labute approximate surface area is 174 Å². The number of imidazole rings is 1. The van der Waals surface area contributed by atoms with Gasteiger partial charge in [-0.25, -0.2) is 9.97 Å². The monoisotopic (exact) mass is 407 g/mol. The second-order valence-corrected chi connectivity index (χ2v) is 7.86. The van der Waals surface area contributed by atoms with Gasteiger partial charge in [-0.3, -0.25) is 13.9 Å². The fraction of sp³-hybridized carbons (Fsp3) is 0.500. The number of carbonyl (C=O) groups is 1. The third kappa shape index (κ3) is 2.78. The molecule has 3 aromatic heterocycles. The average Bonchev–Trinajstić information content (AvgIpc) is 3.52. The molecule has 1 N–H and O–H groups in total. The lowest BCUT2D eigenvalue weighted by Crippen LogP contribution is -2.42. The molecule has 1 fully saturated rings. The summed E-state index contributed by atoms with van der Waals surface area (Å²) in [6, 6.07) is 0.542. The van der Waals surface area contributed by atoms with Crippen molar-refractivity contribution in [3.8, 4) is 11.6 Å². The minimum absolute atomic E-state index is 0.120. The summed E-state index contributed by atoms with van der Waals surface area (Å²) in [5, 5.41) is 11.2. The van der Waals surface area contributed by atoms with Crippen LogP contribution in [0.4, 0.5) is 5.82 Å². The Kier molecular flexibility index (Phi) is 4.48. The Morgan fingerprint density at radius 2 is 2.03 bits per heavy atom. The van der Waals surface area contributed by atoms with Gasteiger partial charge >= 0.3 is 0 Å². The van der Waals surface area contributed by atoms with Crippen LogP contribution in [0.2, 0.25) is 0 Å². The van der Waals surface area contributed by atoms with Crippen LogP contribution in [0.25, 0.3) is 11.6 Å². The standard InChI is InChI=1S/C20H25N9O/c1-4-15-17-26-23-11-28(17)16-12(2)24-20(27-9-14(22-10-27)19(30)21-3)25-18(16)29(15)13-7-5-6-8-13/h9-11,13,15H,4-8H2,1-3H3,(H,21,30)/t15-/m1/s1. The molecule has 10 nitrogen and oxygen atoms in total. The second-order valence-electron chi connectivity index (χ2n) is 7.86. The number of anilines is 1. The highest BCUT2D eigenvalue weighted by Crippen LogP contribution is 2.43. The Morgan fingerprint density at radius 1 is 1.23 bits per heavy atom. The summed E-state index contributed by atoms with van der Waals surface area (Å²) in [6.45, 7) is 4.15. The first-order chi connectivity index (χ1) is 14.6. The van der Waals surface area contributed by atoms with Crippen LogP contribution in [0, 0.1) is 6.92 Å². The van der Waals surface area contributed by atoms with Crippen molar-refractivity contribution >= 4 is 11.7 Å². The molecule has 5 rings (SSSR count). The van der Waals surface area contributed by atoms with Crippen molar-refractivity contribution in [1.82, 2.24) is 39.6 Å². The molecular weight excluding hydrogens is 382 g/mol. The number of carbonyl (C=O) groups excluding carboxylic acids is 1. The first-order valence-corrected chi connectivity index (χ1v) is 10.5. The molecule has 156 valence electrons. The quantitative estimate of drug-likeness (QED) is 0.706. The molecule has 1 amide bonds. The van der Waals surface area contributed by atoms with Gasteiger partial charge < -0.3 is 10.2 Å². The Bertz CT molecular complexity index is 1100. The minimum Gasteiger partial charge on any atom is -0.354 e. The molecular formula is C20H25N9O. The number of amides is 1. The van der Waals surface area contributed by atoms with E-state index in [4.69, 9.17) is 9.97 Å². The van der Waals surface area contributed by atoms with Crippen LogP contribution in [0.1, 0.15) is 67.1 Å². The highest BCUT2D eigenvalue weighted by atomic mass is 16.1. The highest BCUT2D eigenvalue weighted by molar-refractivity contribution is 5.91. The first-order valence-electron chi connectivity index (χ1n) is 10.5. The third-order valence-electron chi connectivity index (χ3n) is 6.10. The molecule has 1 aliphatic carbocycles. The molecule has 2 aliphatic rings. The van der Waals surface area contributed by atoms with Crippen LogP contribution in [-0.4, -0.2) is 53.3 Å². The maximum Gasteiger partial charge on any atom is 0.271 e. The van der Waals surface area contributed by atoms with Gasteiger partial charge in [0.2, 0.25) is 5.95 Å². The van der Waals surface area contributed by atoms with Crippen LogP contribution in [0.3, 0.4) is 0 Å². The summed E-state index contributed by atoms with van der Waals surface area (Å²) < 4.78 is 3.73. The predicted molar refractivity (Wildman–Crippen MR) is 110 cm³/mol. The maximum atomic E-state index is 11.9. The first kappa shape index (κ1) is 18.7. The van der Waals surface area contributed by atoms with Gasteiger partial charge in [0.15, 0.2) is 11.6 Å². The Balaban J connectivity index is 1.68. The molecule has 0 bridgehead atoms. The molecule has 4 heterocycles. The van der Waals surface area contributed by atoms with Crippen LogP contribution in [0.5, 0.6) is 0 Å². The average molecular weight is 407 g/mol. The van der Waals surface area contributed by atoms with E-state index < -0.39 is 0 Å². The number of hydrogen-bond donors (Lipinski definition) is 1. The van der Waals surface area contributed by atoms with Crippen molar-refractivity contribution in [2.45, 2.75) is 58.0 Å². The molecule has 0 spiro atoms. The van der Waals surface area contributed by atoms with E-state index >= 15 is 0 Å². The third-order valence-corrected chi connectivity index (χ3v) is 6.10. The molecule has 0 unspecified atom stereocenters. The number of nitrogens with zero attached hydrogens (tertiary/aromatic N) is 8. The van der Waals surface area contributed by atoms with E-state index in [1.54, 1.807) is 30.5 Å². The largest absolute Gasteiger partial charge is 0.354 e. The van der Waals surface area contributed by atoms with E-state index in [-0.39, 0.29) is 11.9 Å². The zero-order valence-corrected chi connectivity index (χ0v) is 17.4. The normalized spacial score (nSPS) is 18.4. The molecule has 1 atom stereocenters. The predicted octanol–water partition coefficient (Wildman–Crippen LogP) is 2.12. The van der Waals surface area contributed by atoms with Gasteiger partial charge in [0, 0.05) is 19.3 Å². The topological polar surface area (TPSA) is 107 Å². The lowest BCUT2D eigenvalue weighted by atomic mass is 10.0. The number of hydrogen-bond acceptors (Lipinski definition) is 7. The summed E-state index contributed by atoms with van der Waals surface area (Å²) in [6.07, 6.45) is 10.7. The van der Waals surface area contributed by atoms with E-state index in [1.165, 1.54) is 12.8 Å². The number of rotatable bonds is 4. The molecule has 1 aliphatic heterocycles. The van der Waals surface area contributed by atoms with Crippen LogP contribution < -0.4 is 10.2 Å². The van der Waals surface area contributed by atoms with Gasteiger partial charge in [0.1, 0.15) is 24.0 Å². The number of aromatic nitrogens is 7. The van der Waals surface area contributed by atoms with Gasteiger partial charge in [-0.05, 0) is 26.2 Å². The van der Waals surface area contributed by atoms with Crippen molar-refractivity contribution < 1.29 is 4.79 Å². The van der Waals surface area contributed by atoms with Crippen LogP contribution in [-0.2, 0) is 0 Å². The summed E-state index contributed by atoms with van der Waals surface area (Å²) in [4.78, 5) is 28.2. The van der Waals surface area contributed by atoms with E-state index in [9.17, 15) is 4.79 Å². The van der Waals surface area contributed by atoms with E-state index in [2.05, 4.69) is 32.3 Å². The van der Waals surface area contributed by atoms with Gasteiger partial charge in [0.05, 0.1) is 11.7 Å². The molecule has 0 radical (unpaired) electrons. The van der Waals surface area contributed by atoms with E-state index in [0.29, 0.717) is 17.7 Å². The van der Waals surface area contributed by atoms with Crippen molar-refractivity contribution in [1.29, 1.82) is 0 Å². The van der Waals surface area contributed by atoms with Crippen molar-refractivity contribution in [2.24, 2.45) is 0 Å². The Hall–Kier alpha value is -3.30. The van der Waals surface area contributed by atoms with Crippen molar-refractivity contribution in [2.75, 3.05) is 11.9 Å². The van der Waals surface area contributed by atoms with Crippen molar-refractivity contribution in [3.63, 3.8) is 0 Å². The molecule has 1 saturated carbocycles. The van der Waals surface area contributed by atoms with E-state index in [0.717, 1.165) is 42.3 Å². The number of aryl methyl sites for hydroxylation is 1. The molecule has 10 heteroatoms. The molecule has 3 aromatic rings. The fourth-order valence-electron chi connectivity index (χ4n) is 4.70. The zero-order chi connectivity index (χ0) is 20.8. The summed E-state index contributed by atoms with van der Waals surface area (Å²) in [5.41, 5.74) is 2.10. The lowest BCUT2D eigenvalue weighted by Gasteiger charge is -2.41. The summed E-state index contributed by atoms with van der Waals surface area (Å²) in [7, 11) is 1.59. The smallest absolute Gasteiger partial charge is 0.271 e. The highest BCUT2D eigenvalue weighted by Gasteiger charge is 2.39. The number of nitrogens with one attached hydrogen (secondary N) is 1. The lowest BCUT2D eigenvalue weighted by molar-refractivity contribution is 0.0958. The van der Waals surface area contributed by atoms with Gasteiger partial charge in [0.25, 0.3) is 5.91 Å². The molecule has 0 saturated heterocycles.